The summed E-state index contributed by atoms with van der Waals surface area (Å²) in [5, 5.41) is 17.6. The van der Waals surface area contributed by atoms with Gasteiger partial charge >= 0.3 is 6.01 Å². The van der Waals surface area contributed by atoms with E-state index in [0.717, 1.165) is 17.5 Å². The molecule has 2 aromatic heterocycles. The summed E-state index contributed by atoms with van der Waals surface area (Å²) >= 11 is 6.35. The fourth-order valence-corrected chi connectivity index (χ4v) is 3.48. The number of halogens is 1. The number of nitriles is 1. The molecule has 1 saturated carbocycles. The molecule has 30 heavy (non-hydrogen) atoms. The molecule has 0 saturated heterocycles. The third kappa shape index (κ3) is 4.09. The van der Waals surface area contributed by atoms with Crippen molar-refractivity contribution < 1.29 is 9.47 Å². The predicted molar refractivity (Wildman–Crippen MR) is 112 cm³/mol. The standard InChI is InChI=1S/C22H18ClN5O2/c1-29-21-18(12-25-22(26-21)30-2)19-10-17(20(23)28-27-19)16-9-15(16)8-7-13-3-5-14(11-24)6-4-13/h3-8,10,12,15-16H,9H2,1-2H3/b8-7+/t15-,16?/m0/s1. The number of rotatable bonds is 6. The first-order chi connectivity index (χ1) is 14.6. The predicted octanol–water partition coefficient (Wildman–Crippen LogP) is 4.29. The lowest BCUT2D eigenvalue weighted by atomic mass is 10.1. The summed E-state index contributed by atoms with van der Waals surface area (Å²) in [6, 6.07) is 11.7. The summed E-state index contributed by atoms with van der Waals surface area (Å²) < 4.78 is 10.4. The molecule has 2 heterocycles. The Kier molecular flexibility index (Phi) is 5.59. The SMILES string of the molecule is COc1ncc(-c2cc(C3C[C@@H]3/C=C/c3ccc(C#N)cc3)c(Cl)nn2)c(OC)n1. The fourth-order valence-electron chi connectivity index (χ4n) is 3.25. The van der Waals surface area contributed by atoms with Crippen LogP contribution in [0.25, 0.3) is 17.3 Å². The van der Waals surface area contributed by atoms with Crippen LogP contribution in [0.3, 0.4) is 0 Å². The molecule has 150 valence electrons. The van der Waals surface area contributed by atoms with Gasteiger partial charge in [0.1, 0.15) is 5.69 Å². The van der Waals surface area contributed by atoms with E-state index >= 15 is 0 Å². The van der Waals surface area contributed by atoms with E-state index in [4.69, 9.17) is 26.3 Å². The van der Waals surface area contributed by atoms with Gasteiger partial charge in [-0.3, -0.25) is 0 Å². The Labute approximate surface area is 179 Å². The molecule has 0 spiro atoms. The summed E-state index contributed by atoms with van der Waals surface area (Å²) in [5.74, 6) is 0.994. The maximum atomic E-state index is 8.89. The van der Waals surface area contributed by atoms with Crippen LogP contribution >= 0.6 is 11.6 Å². The molecule has 0 amide bonds. The molecule has 7 nitrogen and oxygen atoms in total. The minimum absolute atomic E-state index is 0.216. The van der Waals surface area contributed by atoms with E-state index in [0.29, 0.717) is 33.8 Å². The van der Waals surface area contributed by atoms with Gasteiger partial charge in [-0.05, 0) is 47.6 Å². The first-order valence-electron chi connectivity index (χ1n) is 9.29. The highest BCUT2D eigenvalue weighted by molar-refractivity contribution is 6.30. The van der Waals surface area contributed by atoms with Gasteiger partial charge in [-0.15, -0.1) is 10.2 Å². The van der Waals surface area contributed by atoms with Crippen LogP contribution in [0, 0.1) is 17.2 Å². The third-order valence-corrected chi connectivity index (χ3v) is 5.27. The number of methoxy groups -OCH3 is 2. The minimum Gasteiger partial charge on any atom is -0.480 e. The molecular formula is C22H18ClN5O2. The Morgan fingerprint density at radius 3 is 2.67 bits per heavy atom. The molecule has 1 aliphatic rings. The molecular weight excluding hydrogens is 402 g/mol. The first-order valence-corrected chi connectivity index (χ1v) is 9.67. The molecule has 4 rings (SSSR count). The molecule has 1 aliphatic carbocycles. The van der Waals surface area contributed by atoms with E-state index in [1.165, 1.54) is 14.2 Å². The number of allylic oxidation sites excluding steroid dienone is 1. The van der Waals surface area contributed by atoms with Gasteiger partial charge in [0.05, 0.1) is 31.4 Å². The lowest BCUT2D eigenvalue weighted by Gasteiger charge is -2.09. The highest BCUT2D eigenvalue weighted by Gasteiger charge is 2.38. The van der Waals surface area contributed by atoms with Crippen LogP contribution < -0.4 is 9.47 Å². The number of nitrogens with zero attached hydrogens (tertiary/aromatic N) is 5. The van der Waals surface area contributed by atoms with Crippen molar-refractivity contribution in [2.75, 3.05) is 14.2 Å². The second-order valence-electron chi connectivity index (χ2n) is 6.85. The number of hydrogen-bond donors (Lipinski definition) is 0. The van der Waals surface area contributed by atoms with E-state index in [1.54, 1.807) is 6.20 Å². The molecule has 1 fully saturated rings. The van der Waals surface area contributed by atoms with Gasteiger partial charge in [-0.25, -0.2) is 4.98 Å². The molecule has 8 heteroatoms. The van der Waals surface area contributed by atoms with Crippen molar-refractivity contribution in [2.45, 2.75) is 12.3 Å². The summed E-state index contributed by atoms with van der Waals surface area (Å²) in [6.07, 6.45) is 6.81. The Balaban J connectivity index is 1.55. The Morgan fingerprint density at radius 1 is 1.17 bits per heavy atom. The fraction of sp³-hybridized carbons (Fsp3) is 0.227. The summed E-state index contributed by atoms with van der Waals surface area (Å²) in [4.78, 5) is 8.34. The lowest BCUT2D eigenvalue weighted by Crippen LogP contribution is -2.00. The molecule has 1 aromatic carbocycles. The average molecular weight is 420 g/mol. The van der Waals surface area contributed by atoms with Crippen LogP contribution in [0.15, 0.2) is 42.6 Å². The van der Waals surface area contributed by atoms with Crippen molar-refractivity contribution in [1.82, 2.24) is 20.2 Å². The van der Waals surface area contributed by atoms with Gasteiger partial charge in [0, 0.05) is 6.20 Å². The summed E-state index contributed by atoms with van der Waals surface area (Å²) in [5.41, 5.74) is 3.86. The zero-order chi connectivity index (χ0) is 21.1. The van der Waals surface area contributed by atoms with Crippen molar-refractivity contribution in [2.24, 2.45) is 5.92 Å². The molecule has 3 aromatic rings. The Hall–Kier alpha value is -3.50. The quantitative estimate of drug-likeness (QED) is 0.588. The van der Waals surface area contributed by atoms with E-state index in [-0.39, 0.29) is 11.9 Å². The highest BCUT2D eigenvalue weighted by Crippen LogP contribution is 2.50. The Bertz CT molecular complexity index is 1140. The zero-order valence-electron chi connectivity index (χ0n) is 16.4. The van der Waals surface area contributed by atoms with Crippen LogP contribution in [-0.2, 0) is 0 Å². The van der Waals surface area contributed by atoms with E-state index in [9.17, 15) is 0 Å². The van der Waals surface area contributed by atoms with E-state index in [1.807, 2.05) is 30.3 Å². The minimum atomic E-state index is 0.216. The smallest absolute Gasteiger partial charge is 0.319 e. The second-order valence-corrected chi connectivity index (χ2v) is 7.21. The number of ether oxygens (including phenoxy) is 2. The normalized spacial score (nSPS) is 17.5. The van der Waals surface area contributed by atoms with Crippen molar-refractivity contribution >= 4 is 17.7 Å². The molecule has 0 radical (unpaired) electrons. The third-order valence-electron chi connectivity index (χ3n) is 4.97. The number of aromatic nitrogens is 4. The van der Waals surface area contributed by atoms with Crippen molar-refractivity contribution in [3.05, 3.63) is 64.4 Å². The molecule has 2 atom stereocenters. The average Bonchev–Trinajstić information content (AvgIpc) is 3.57. The number of benzene rings is 1. The summed E-state index contributed by atoms with van der Waals surface area (Å²) in [7, 11) is 3.02. The van der Waals surface area contributed by atoms with E-state index in [2.05, 4.69) is 38.4 Å². The molecule has 0 aliphatic heterocycles. The van der Waals surface area contributed by atoms with Crippen LogP contribution in [0.2, 0.25) is 5.15 Å². The highest BCUT2D eigenvalue weighted by atomic mass is 35.5. The molecule has 1 unspecified atom stereocenters. The van der Waals surface area contributed by atoms with Crippen LogP contribution in [0.1, 0.15) is 29.0 Å². The van der Waals surface area contributed by atoms with Crippen LogP contribution in [-0.4, -0.2) is 34.4 Å². The maximum absolute atomic E-state index is 8.89. The topological polar surface area (TPSA) is 93.8 Å². The first kappa shape index (κ1) is 19.8. The zero-order valence-corrected chi connectivity index (χ0v) is 17.2. The van der Waals surface area contributed by atoms with Gasteiger partial charge in [0.25, 0.3) is 0 Å². The largest absolute Gasteiger partial charge is 0.480 e. The lowest BCUT2D eigenvalue weighted by molar-refractivity contribution is 0.353. The van der Waals surface area contributed by atoms with Crippen molar-refractivity contribution in [1.29, 1.82) is 5.26 Å². The van der Waals surface area contributed by atoms with Gasteiger partial charge in [0.15, 0.2) is 5.15 Å². The second kappa shape index (κ2) is 8.47. The van der Waals surface area contributed by atoms with Gasteiger partial charge < -0.3 is 9.47 Å². The summed E-state index contributed by atoms with van der Waals surface area (Å²) in [6.45, 7) is 0. The van der Waals surface area contributed by atoms with Gasteiger partial charge in [-0.1, -0.05) is 35.9 Å². The van der Waals surface area contributed by atoms with E-state index < -0.39 is 0 Å². The van der Waals surface area contributed by atoms with Crippen LogP contribution in [0.4, 0.5) is 0 Å². The van der Waals surface area contributed by atoms with Gasteiger partial charge in [-0.2, -0.15) is 10.2 Å². The van der Waals surface area contributed by atoms with Crippen LogP contribution in [0.5, 0.6) is 11.9 Å². The van der Waals surface area contributed by atoms with Gasteiger partial charge in [0.2, 0.25) is 5.88 Å². The maximum Gasteiger partial charge on any atom is 0.319 e. The molecule has 0 bridgehead atoms. The Morgan fingerprint density at radius 2 is 1.97 bits per heavy atom. The number of hydrogen-bond acceptors (Lipinski definition) is 7. The monoisotopic (exact) mass is 419 g/mol. The van der Waals surface area contributed by atoms with Crippen molar-refractivity contribution in [3.63, 3.8) is 0 Å². The molecule has 0 N–H and O–H groups in total. The van der Waals surface area contributed by atoms with Crippen molar-refractivity contribution in [3.8, 4) is 29.2 Å².